The average Bonchev–Trinajstić information content (AvgIpc) is 2.95. The second-order valence-electron chi connectivity index (χ2n) is 6.44. The topological polar surface area (TPSA) is 32.3 Å². The molecule has 2 unspecified atom stereocenters. The van der Waals surface area contributed by atoms with Crippen LogP contribution in [0.25, 0.3) is 0 Å². The van der Waals surface area contributed by atoms with E-state index in [9.17, 15) is 0 Å². The lowest BCUT2D eigenvalue weighted by Gasteiger charge is -2.32. The highest BCUT2D eigenvalue weighted by atomic mass is 15.4. The normalized spacial score (nSPS) is 26.6. The van der Waals surface area contributed by atoms with Crippen molar-refractivity contribution in [3.63, 3.8) is 0 Å². The zero-order valence-corrected chi connectivity index (χ0v) is 12.2. The van der Waals surface area contributed by atoms with Gasteiger partial charge in [0.05, 0.1) is 0 Å². The van der Waals surface area contributed by atoms with Crippen molar-refractivity contribution in [2.75, 3.05) is 25.0 Å². The number of aromatic nitrogens is 2. The second kappa shape index (κ2) is 5.08. The van der Waals surface area contributed by atoms with E-state index in [2.05, 4.69) is 46.7 Å². The van der Waals surface area contributed by atoms with Crippen LogP contribution >= 0.6 is 0 Å². The third-order valence-corrected chi connectivity index (χ3v) is 4.50. The fourth-order valence-electron chi connectivity index (χ4n) is 3.26. The first-order chi connectivity index (χ1) is 9.13. The zero-order valence-electron chi connectivity index (χ0n) is 12.2. The molecule has 1 aromatic heterocycles. The summed E-state index contributed by atoms with van der Waals surface area (Å²) in [5.41, 5.74) is 1.19. The molecule has 0 spiro atoms. The van der Waals surface area contributed by atoms with Gasteiger partial charge in [-0.3, -0.25) is 4.90 Å². The van der Waals surface area contributed by atoms with Crippen LogP contribution in [0.5, 0.6) is 0 Å². The lowest BCUT2D eigenvalue weighted by molar-refractivity contribution is 0.292. The predicted octanol–water partition coefficient (Wildman–Crippen LogP) is 1.96. The highest BCUT2D eigenvalue weighted by Gasteiger charge is 2.41. The van der Waals surface area contributed by atoms with Gasteiger partial charge in [-0.1, -0.05) is 13.8 Å². The fraction of sp³-hybridized carbons (Fsp3) is 0.733. The first-order valence-electron chi connectivity index (χ1n) is 7.41. The van der Waals surface area contributed by atoms with Crippen molar-refractivity contribution in [2.24, 2.45) is 5.92 Å². The van der Waals surface area contributed by atoms with E-state index in [0.717, 1.165) is 30.7 Å². The van der Waals surface area contributed by atoms with E-state index in [1.807, 2.05) is 0 Å². The molecule has 2 aliphatic heterocycles. The van der Waals surface area contributed by atoms with E-state index in [0.29, 0.717) is 6.04 Å². The summed E-state index contributed by atoms with van der Waals surface area (Å²) in [5.74, 6) is 1.87. The molecule has 2 aliphatic rings. The van der Waals surface area contributed by atoms with Crippen molar-refractivity contribution in [1.29, 1.82) is 0 Å². The molecule has 0 aromatic carbocycles. The Balaban J connectivity index is 1.70. The Morgan fingerprint density at radius 2 is 2.11 bits per heavy atom. The minimum absolute atomic E-state index is 0.655. The summed E-state index contributed by atoms with van der Waals surface area (Å²) in [7, 11) is 2.23. The molecular formula is C15H24N4. The molecule has 2 saturated heterocycles. The van der Waals surface area contributed by atoms with Gasteiger partial charge < -0.3 is 4.90 Å². The molecule has 2 bridgehead atoms. The molecule has 2 atom stereocenters. The smallest absolute Gasteiger partial charge is 0.132 e. The van der Waals surface area contributed by atoms with Crippen LogP contribution in [0.4, 0.5) is 5.82 Å². The van der Waals surface area contributed by atoms with Crippen LogP contribution in [0.15, 0.2) is 12.4 Å². The van der Waals surface area contributed by atoms with Gasteiger partial charge in [0.1, 0.15) is 12.1 Å². The van der Waals surface area contributed by atoms with E-state index in [1.165, 1.54) is 25.1 Å². The Bertz CT molecular complexity index is 444. The first kappa shape index (κ1) is 12.9. The quantitative estimate of drug-likeness (QED) is 0.828. The molecule has 0 amide bonds. The summed E-state index contributed by atoms with van der Waals surface area (Å²) < 4.78 is 0. The van der Waals surface area contributed by atoms with Gasteiger partial charge in [0.15, 0.2) is 0 Å². The SMILES string of the molecule is CC(C)CCc1cc(N2CC3CC2CN3C)ncn1. The van der Waals surface area contributed by atoms with Crippen LogP contribution in [-0.4, -0.2) is 47.1 Å². The van der Waals surface area contributed by atoms with Crippen LogP contribution in [0.2, 0.25) is 0 Å². The number of anilines is 1. The van der Waals surface area contributed by atoms with Crippen LogP contribution in [0.1, 0.15) is 32.4 Å². The third kappa shape index (κ3) is 2.59. The van der Waals surface area contributed by atoms with Crippen molar-refractivity contribution in [3.05, 3.63) is 18.1 Å². The van der Waals surface area contributed by atoms with Gasteiger partial charge in [-0.05, 0) is 32.2 Å². The van der Waals surface area contributed by atoms with E-state index in [1.54, 1.807) is 6.33 Å². The van der Waals surface area contributed by atoms with E-state index < -0.39 is 0 Å². The number of nitrogens with zero attached hydrogens (tertiary/aromatic N) is 4. The molecule has 1 aromatic rings. The van der Waals surface area contributed by atoms with E-state index in [-0.39, 0.29) is 0 Å². The third-order valence-electron chi connectivity index (χ3n) is 4.50. The molecular weight excluding hydrogens is 236 g/mol. The zero-order chi connectivity index (χ0) is 13.4. The highest BCUT2D eigenvalue weighted by molar-refractivity contribution is 5.43. The van der Waals surface area contributed by atoms with E-state index in [4.69, 9.17) is 0 Å². The Labute approximate surface area is 115 Å². The number of likely N-dealkylation sites (N-methyl/N-ethyl adjacent to an activating group) is 1. The van der Waals surface area contributed by atoms with Gasteiger partial charge in [0, 0.05) is 36.9 Å². The standard InChI is InChI=1S/C15H24N4/c1-11(2)4-5-12-6-15(17-10-16-12)19-9-13-7-14(19)8-18(13)3/h6,10-11,13-14H,4-5,7-9H2,1-3H3. The van der Waals surface area contributed by atoms with Crippen molar-refractivity contribution >= 4 is 5.82 Å². The molecule has 4 heteroatoms. The number of rotatable bonds is 4. The van der Waals surface area contributed by atoms with Gasteiger partial charge in [-0.15, -0.1) is 0 Å². The van der Waals surface area contributed by atoms with Crippen molar-refractivity contribution in [2.45, 2.75) is 45.2 Å². The minimum atomic E-state index is 0.655. The maximum Gasteiger partial charge on any atom is 0.132 e. The molecule has 0 saturated carbocycles. The molecule has 19 heavy (non-hydrogen) atoms. The first-order valence-corrected chi connectivity index (χ1v) is 7.41. The van der Waals surface area contributed by atoms with Gasteiger partial charge >= 0.3 is 0 Å². The van der Waals surface area contributed by atoms with Crippen molar-refractivity contribution < 1.29 is 0 Å². The lowest BCUT2D eigenvalue weighted by Crippen LogP contribution is -2.44. The highest BCUT2D eigenvalue weighted by Crippen LogP contribution is 2.32. The molecule has 0 N–H and O–H groups in total. The number of fused-ring (bicyclic) bond motifs is 2. The predicted molar refractivity (Wildman–Crippen MR) is 77.4 cm³/mol. The van der Waals surface area contributed by atoms with Crippen LogP contribution in [-0.2, 0) is 6.42 Å². The molecule has 3 heterocycles. The summed E-state index contributed by atoms with van der Waals surface area (Å²) in [4.78, 5) is 13.9. The lowest BCUT2D eigenvalue weighted by atomic mass is 10.1. The maximum absolute atomic E-state index is 4.49. The summed E-state index contributed by atoms with van der Waals surface area (Å²) in [6, 6.07) is 3.57. The number of aryl methyl sites for hydroxylation is 1. The molecule has 2 fully saturated rings. The number of likely N-dealkylation sites (tertiary alicyclic amines) is 1. The summed E-state index contributed by atoms with van der Waals surface area (Å²) >= 11 is 0. The molecule has 4 nitrogen and oxygen atoms in total. The summed E-state index contributed by atoms with van der Waals surface area (Å²) in [5, 5.41) is 0. The van der Waals surface area contributed by atoms with Crippen molar-refractivity contribution in [1.82, 2.24) is 14.9 Å². The van der Waals surface area contributed by atoms with Gasteiger partial charge in [0.25, 0.3) is 0 Å². The van der Waals surface area contributed by atoms with Crippen LogP contribution in [0.3, 0.4) is 0 Å². The fourth-order valence-corrected chi connectivity index (χ4v) is 3.26. The number of piperazine rings is 1. The Kier molecular flexibility index (Phi) is 3.44. The maximum atomic E-state index is 4.49. The summed E-state index contributed by atoms with van der Waals surface area (Å²) in [6.07, 6.45) is 5.29. The van der Waals surface area contributed by atoms with Crippen LogP contribution < -0.4 is 4.90 Å². The molecule has 104 valence electrons. The Hall–Kier alpha value is -1.16. The number of hydrogen-bond acceptors (Lipinski definition) is 4. The Morgan fingerprint density at radius 1 is 1.26 bits per heavy atom. The van der Waals surface area contributed by atoms with E-state index >= 15 is 0 Å². The monoisotopic (exact) mass is 260 g/mol. The van der Waals surface area contributed by atoms with Gasteiger partial charge in [-0.2, -0.15) is 0 Å². The number of hydrogen-bond donors (Lipinski definition) is 0. The van der Waals surface area contributed by atoms with Crippen LogP contribution in [0, 0.1) is 5.92 Å². The van der Waals surface area contributed by atoms with Crippen molar-refractivity contribution in [3.8, 4) is 0 Å². The molecule has 0 aliphatic carbocycles. The van der Waals surface area contributed by atoms with Gasteiger partial charge in [0.2, 0.25) is 0 Å². The minimum Gasteiger partial charge on any atom is -0.351 e. The Morgan fingerprint density at radius 3 is 2.74 bits per heavy atom. The largest absolute Gasteiger partial charge is 0.351 e. The second-order valence-corrected chi connectivity index (χ2v) is 6.44. The molecule has 0 radical (unpaired) electrons. The van der Waals surface area contributed by atoms with Gasteiger partial charge in [-0.25, -0.2) is 9.97 Å². The average molecular weight is 260 g/mol. The summed E-state index contributed by atoms with van der Waals surface area (Å²) in [6.45, 7) is 6.83. The molecule has 3 rings (SSSR count).